The molecule has 0 saturated carbocycles. The van der Waals surface area contributed by atoms with Gasteiger partial charge in [-0.1, -0.05) is 60.1 Å². The van der Waals surface area contributed by atoms with Gasteiger partial charge < -0.3 is 38.8 Å². The second-order valence-electron chi connectivity index (χ2n) is 17.5. The number of rotatable bonds is 21. The summed E-state index contributed by atoms with van der Waals surface area (Å²) in [6.45, 7) is 4.58. The van der Waals surface area contributed by atoms with E-state index in [2.05, 4.69) is 30.2 Å². The van der Waals surface area contributed by atoms with E-state index in [1.807, 2.05) is 85.8 Å². The Morgan fingerprint density at radius 2 is 1.17 bits per heavy atom. The van der Waals surface area contributed by atoms with Gasteiger partial charge in [-0.15, -0.1) is 0 Å². The quantitative estimate of drug-likeness (QED) is 0.0403. The van der Waals surface area contributed by atoms with E-state index >= 15 is 17.6 Å². The highest BCUT2D eigenvalue weighted by molar-refractivity contribution is 6.36. The van der Waals surface area contributed by atoms with Crippen LogP contribution in [0.2, 0.25) is 10.3 Å². The van der Waals surface area contributed by atoms with Gasteiger partial charge >= 0.3 is 6.18 Å². The molecule has 8 rings (SSSR count). The summed E-state index contributed by atoms with van der Waals surface area (Å²) in [5.74, 6) is 1.01. The van der Waals surface area contributed by atoms with Gasteiger partial charge in [0, 0.05) is 45.0 Å². The molecule has 3 aromatic heterocycles. The third kappa shape index (κ3) is 12.7. The molecule has 1 atom stereocenters. The topological polar surface area (TPSA) is 136 Å². The van der Waals surface area contributed by atoms with Crippen molar-refractivity contribution in [2.75, 3.05) is 51.4 Å². The maximum absolute atomic E-state index is 17.2. The van der Waals surface area contributed by atoms with Crippen LogP contribution in [0, 0.1) is 12.7 Å². The number of aromatic amines is 1. The minimum Gasteiger partial charge on any atom is -0.497 e. The van der Waals surface area contributed by atoms with Gasteiger partial charge in [0.2, 0.25) is 5.28 Å². The highest BCUT2D eigenvalue weighted by atomic mass is 35.5. The van der Waals surface area contributed by atoms with Crippen LogP contribution >= 0.6 is 23.2 Å². The molecule has 0 fully saturated rings. The summed E-state index contributed by atoms with van der Waals surface area (Å²) in [5.41, 5.74) is 0.600. The molecule has 5 aromatic carbocycles. The first-order valence-electron chi connectivity index (χ1n) is 23.6. The number of aromatic nitrogens is 4. The number of halogens is 6. The third-order valence-electron chi connectivity index (χ3n) is 12.6. The average Bonchev–Trinajstić information content (AvgIpc) is 3.41. The van der Waals surface area contributed by atoms with E-state index in [1.54, 1.807) is 55.8 Å². The maximum Gasteiger partial charge on any atom is 0.418 e. The summed E-state index contributed by atoms with van der Waals surface area (Å²) < 4.78 is 90.9. The number of ether oxygens (including phenoxy) is 5. The van der Waals surface area contributed by atoms with Gasteiger partial charge in [-0.25, -0.2) is 14.4 Å². The summed E-state index contributed by atoms with van der Waals surface area (Å²) in [4.78, 5) is 33.1. The van der Waals surface area contributed by atoms with Crippen LogP contribution in [0.4, 0.5) is 29.1 Å². The van der Waals surface area contributed by atoms with Crippen molar-refractivity contribution in [3.05, 3.63) is 187 Å². The molecule has 75 heavy (non-hydrogen) atoms. The predicted octanol–water partition coefficient (Wildman–Crippen LogP) is 12.3. The van der Waals surface area contributed by atoms with Crippen LogP contribution in [0.15, 0.2) is 126 Å². The molecular weight excluding hydrogens is 1010 g/mol. The van der Waals surface area contributed by atoms with Crippen molar-refractivity contribution >= 4 is 45.6 Å². The van der Waals surface area contributed by atoms with Gasteiger partial charge in [-0.05, 0) is 119 Å². The number of fused-ring (bicyclic) bond motifs is 1. The van der Waals surface area contributed by atoms with Gasteiger partial charge in [0.15, 0.2) is 11.6 Å². The van der Waals surface area contributed by atoms with E-state index in [-0.39, 0.29) is 43.7 Å². The van der Waals surface area contributed by atoms with E-state index in [0.29, 0.717) is 24.6 Å². The first-order valence-corrected chi connectivity index (χ1v) is 24.3. The van der Waals surface area contributed by atoms with E-state index in [1.165, 1.54) is 27.2 Å². The van der Waals surface area contributed by atoms with E-state index < -0.39 is 61.3 Å². The number of alkyl halides is 3. The van der Waals surface area contributed by atoms with Crippen LogP contribution in [0.1, 0.15) is 51.9 Å². The minimum atomic E-state index is -5.05. The van der Waals surface area contributed by atoms with Gasteiger partial charge in [0.05, 0.1) is 62.2 Å². The lowest BCUT2D eigenvalue weighted by atomic mass is 9.98. The zero-order valence-corrected chi connectivity index (χ0v) is 43.3. The average molecular weight is 1070 g/mol. The lowest BCUT2D eigenvalue weighted by Gasteiger charge is -2.27. The fourth-order valence-electron chi connectivity index (χ4n) is 8.62. The van der Waals surface area contributed by atoms with Crippen molar-refractivity contribution < 1.29 is 41.2 Å². The van der Waals surface area contributed by atoms with Gasteiger partial charge in [0.25, 0.3) is 5.56 Å². The summed E-state index contributed by atoms with van der Waals surface area (Å²) in [6.07, 6.45) is -1.52. The number of anilines is 2. The number of pyridine rings is 2. The summed E-state index contributed by atoms with van der Waals surface area (Å²) in [6, 6.07) is 33.0. The zero-order valence-electron chi connectivity index (χ0n) is 41.8. The molecule has 0 spiro atoms. The molecule has 19 heteroatoms. The third-order valence-corrected chi connectivity index (χ3v) is 13.1. The standard InChI is InChI=1S/C56H53Cl2F4N7O6/c1-33-25-45(69(31-37-11-19-43(73-5)20-12-37)32-38-13-21-44(74-6)22-14-38)65-51(48(33)56(60,61)62)46-49(57)53(47-52(50(46)59)66-55(58)67-54(47)70)75-24-23-64-34(2)39-26-40(28-63-27-39)68(29-35-7-15-41(71-3)16-8-35)30-36-9-17-42(72-4)18-10-36/h7-22,25-28,34,64H,23-24,29-32H2,1-6H3,(H,66,67,70). The highest BCUT2D eigenvalue weighted by Crippen LogP contribution is 2.47. The van der Waals surface area contributed by atoms with E-state index in [9.17, 15) is 4.79 Å². The molecule has 0 aliphatic rings. The Labute approximate surface area is 441 Å². The molecule has 0 bridgehead atoms. The Kier molecular flexibility index (Phi) is 17.0. The van der Waals surface area contributed by atoms with Crippen molar-refractivity contribution in [1.82, 2.24) is 25.3 Å². The lowest BCUT2D eigenvalue weighted by molar-refractivity contribution is -0.137. The number of methoxy groups -OCH3 is 4. The molecule has 2 N–H and O–H groups in total. The number of nitrogens with zero attached hydrogens (tertiary/aromatic N) is 5. The number of hydrogen-bond acceptors (Lipinski definition) is 12. The molecule has 0 aliphatic heterocycles. The monoisotopic (exact) mass is 1070 g/mol. The maximum atomic E-state index is 17.2. The van der Waals surface area contributed by atoms with Crippen LogP contribution in [0.5, 0.6) is 28.7 Å². The number of nitrogens with one attached hydrogen (secondary N) is 2. The van der Waals surface area contributed by atoms with Crippen molar-refractivity contribution in [3.8, 4) is 40.0 Å². The number of hydrogen-bond donors (Lipinski definition) is 2. The van der Waals surface area contributed by atoms with Crippen LogP contribution < -0.4 is 44.4 Å². The van der Waals surface area contributed by atoms with Crippen LogP contribution in [-0.2, 0) is 32.4 Å². The highest BCUT2D eigenvalue weighted by Gasteiger charge is 2.40. The Hall–Kier alpha value is -7.60. The van der Waals surface area contributed by atoms with Crippen LogP contribution in [0.25, 0.3) is 22.2 Å². The van der Waals surface area contributed by atoms with Crippen LogP contribution in [0.3, 0.4) is 0 Å². The fourth-order valence-corrected chi connectivity index (χ4v) is 9.11. The van der Waals surface area contributed by atoms with Crippen molar-refractivity contribution in [3.63, 3.8) is 0 Å². The molecule has 0 amide bonds. The van der Waals surface area contributed by atoms with Gasteiger partial charge in [0.1, 0.15) is 46.3 Å². The Morgan fingerprint density at radius 1 is 0.693 bits per heavy atom. The van der Waals surface area contributed by atoms with Crippen molar-refractivity contribution in [2.24, 2.45) is 0 Å². The fraction of sp³-hybridized carbons (Fsp3) is 0.250. The molecule has 3 heterocycles. The number of aryl methyl sites for hydroxylation is 1. The number of benzene rings is 5. The molecule has 13 nitrogen and oxygen atoms in total. The second kappa shape index (κ2) is 23.7. The van der Waals surface area contributed by atoms with Crippen LogP contribution in [-0.4, -0.2) is 61.5 Å². The Morgan fingerprint density at radius 3 is 1.64 bits per heavy atom. The first kappa shape index (κ1) is 53.7. The number of H-pyrrole nitrogens is 1. The normalized spacial score (nSPS) is 11.8. The minimum absolute atomic E-state index is 0.0680. The van der Waals surface area contributed by atoms with E-state index in [4.69, 9.17) is 46.9 Å². The van der Waals surface area contributed by atoms with Crippen molar-refractivity contribution in [1.29, 1.82) is 0 Å². The molecular formula is C56H53Cl2F4N7O6. The second-order valence-corrected chi connectivity index (χ2v) is 18.3. The molecule has 0 saturated heterocycles. The molecule has 0 radical (unpaired) electrons. The Bertz CT molecular complexity index is 3210. The van der Waals surface area contributed by atoms with E-state index in [0.717, 1.165) is 45.0 Å². The molecule has 8 aromatic rings. The van der Waals surface area contributed by atoms with Gasteiger partial charge in [-0.2, -0.15) is 13.2 Å². The van der Waals surface area contributed by atoms with Crippen molar-refractivity contribution in [2.45, 2.75) is 52.2 Å². The summed E-state index contributed by atoms with van der Waals surface area (Å²) in [5, 5.41) is 1.80. The summed E-state index contributed by atoms with van der Waals surface area (Å²) in [7, 11) is 6.32. The van der Waals surface area contributed by atoms with Gasteiger partial charge in [-0.3, -0.25) is 14.8 Å². The molecule has 1 unspecified atom stereocenters. The molecule has 390 valence electrons. The lowest BCUT2D eigenvalue weighted by Crippen LogP contribution is -2.26. The molecule has 0 aliphatic carbocycles. The summed E-state index contributed by atoms with van der Waals surface area (Å²) >= 11 is 13.2. The predicted molar refractivity (Wildman–Crippen MR) is 283 cm³/mol. The zero-order chi connectivity index (χ0) is 53.4. The Balaban J connectivity index is 1.11. The smallest absolute Gasteiger partial charge is 0.418 e. The SMILES string of the molecule is COc1ccc(CN(Cc2ccc(OC)cc2)c2cncc(C(C)NCCOc3c(Cl)c(-c4nc(N(Cc5ccc(OC)cc5)Cc5ccc(OC)cc5)cc(C)c4C(F)(F)F)c(F)c4nc(Cl)[nH]c(=O)c34)c2)cc1. The first-order chi connectivity index (χ1) is 36.1. The largest absolute Gasteiger partial charge is 0.497 e.